The molecule has 0 radical (unpaired) electrons. The molecule has 0 spiro atoms. The van der Waals surface area contributed by atoms with Crippen molar-refractivity contribution in [1.29, 1.82) is 0 Å². The summed E-state index contributed by atoms with van der Waals surface area (Å²) in [6.07, 6.45) is 1.02. The summed E-state index contributed by atoms with van der Waals surface area (Å²) in [7, 11) is 0. The van der Waals surface area contributed by atoms with Crippen LogP contribution in [0, 0.1) is 13.8 Å². The summed E-state index contributed by atoms with van der Waals surface area (Å²) in [6.45, 7) is 4.20. The molecular formula is C15H18N2O3. The monoisotopic (exact) mass is 274 g/mol. The molecule has 0 aliphatic carbocycles. The van der Waals surface area contributed by atoms with Crippen LogP contribution in [0.25, 0.3) is 0 Å². The molecule has 1 heterocycles. The first kappa shape index (κ1) is 14.1. The SMILES string of the molecule is Cc1noc(C)c1CC(=O)NCCc1ccc(O)cc1. The van der Waals surface area contributed by atoms with Crippen molar-refractivity contribution in [2.45, 2.75) is 26.7 Å². The molecule has 0 fully saturated rings. The number of phenols is 1. The topological polar surface area (TPSA) is 75.4 Å². The zero-order valence-electron chi connectivity index (χ0n) is 11.6. The van der Waals surface area contributed by atoms with E-state index in [2.05, 4.69) is 10.5 Å². The lowest BCUT2D eigenvalue weighted by Gasteiger charge is -2.05. The van der Waals surface area contributed by atoms with Crippen LogP contribution in [0.5, 0.6) is 5.75 Å². The van der Waals surface area contributed by atoms with Crippen LogP contribution in [0.1, 0.15) is 22.6 Å². The molecule has 0 saturated carbocycles. The molecular weight excluding hydrogens is 256 g/mol. The highest BCUT2D eigenvalue weighted by Gasteiger charge is 2.12. The van der Waals surface area contributed by atoms with E-state index in [1.165, 1.54) is 0 Å². The second-order valence-corrected chi connectivity index (χ2v) is 4.75. The predicted molar refractivity (Wildman–Crippen MR) is 74.5 cm³/mol. The minimum atomic E-state index is -0.0434. The van der Waals surface area contributed by atoms with Crippen molar-refractivity contribution in [1.82, 2.24) is 10.5 Å². The first-order valence-corrected chi connectivity index (χ1v) is 6.52. The molecule has 0 unspecified atom stereocenters. The van der Waals surface area contributed by atoms with E-state index in [0.717, 1.165) is 23.2 Å². The largest absolute Gasteiger partial charge is 0.508 e. The Kier molecular flexibility index (Phi) is 4.40. The third kappa shape index (κ3) is 3.60. The number of aromatic hydroxyl groups is 1. The lowest BCUT2D eigenvalue weighted by atomic mass is 10.1. The Hall–Kier alpha value is -2.30. The number of benzene rings is 1. The van der Waals surface area contributed by atoms with Crippen molar-refractivity contribution >= 4 is 5.91 Å². The Labute approximate surface area is 117 Å². The molecule has 0 atom stereocenters. The molecule has 20 heavy (non-hydrogen) atoms. The van der Waals surface area contributed by atoms with Crippen LogP contribution in [0.4, 0.5) is 0 Å². The van der Waals surface area contributed by atoms with E-state index in [1.807, 2.05) is 19.1 Å². The number of nitrogens with one attached hydrogen (secondary N) is 1. The molecule has 2 N–H and O–H groups in total. The van der Waals surface area contributed by atoms with Crippen LogP contribution in [-0.2, 0) is 17.6 Å². The van der Waals surface area contributed by atoms with Gasteiger partial charge >= 0.3 is 0 Å². The highest BCUT2D eigenvalue weighted by Crippen LogP contribution is 2.13. The van der Waals surface area contributed by atoms with Crippen molar-refractivity contribution < 1.29 is 14.4 Å². The molecule has 2 aromatic rings. The van der Waals surface area contributed by atoms with E-state index in [9.17, 15) is 9.90 Å². The van der Waals surface area contributed by atoms with Gasteiger partial charge in [-0.15, -0.1) is 0 Å². The summed E-state index contributed by atoms with van der Waals surface area (Å²) >= 11 is 0. The van der Waals surface area contributed by atoms with Gasteiger partial charge < -0.3 is 14.9 Å². The molecule has 1 aromatic heterocycles. The number of carbonyl (C=O) groups excluding carboxylic acids is 1. The average Bonchev–Trinajstić information content (AvgIpc) is 2.73. The number of rotatable bonds is 5. The number of carbonyl (C=O) groups is 1. The average molecular weight is 274 g/mol. The smallest absolute Gasteiger partial charge is 0.224 e. The second kappa shape index (κ2) is 6.23. The van der Waals surface area contributed by atoms with E-state index >= 15 is 0 Å². The fraction of sp³-hybridized carbons (Fsp3) is 0.333. The molecule has 0 saturated heterocycles. The first-order chi connectivity index (χ1) is 9.56. The number of nitrogens with zero attached hydrogens (tertiary/aromatic N) is 1. The zero-order chi connectivity index (χ0) is 14.5. The number of phenolic OH excluding ortho intramolecular Hbond substituents is 1. The molecule has 106 valence electrons. The van der Waals surface area contributed by atoms with E-state index in [1.54, 1.807) is 19.1 Å². The van der Waals surface area contributed by atoms with E-state index in [-0.39, 0.29) is 18.1 Å². The molecule has 0 bridgehead atoms. The quantitative estimate of drug-likeness (QED) is 0.873. The van der Waals surface area contributed by atoms with Gasteiger partial charge in [-0.05, 0) is 38.0 Å². The van der Waals surface area contributed by atoms with Gasteiger partial charge in [-0.2, -0.15) is 0 Å². The Morgan fingerprint density at radius 1 is 1.30 bits per heavy atom. The highest BCUT2D eigenvalue weighted by atomic mass is 16.5. The Bertz CT molecular complexity index is 568. The molecule has 5 heteroatoms. The van der Waals surface area contributed by atoms with Crippen molar-refractivity contribution in [2.75, 3.05) is 6.54 Å². The minimum absolute atomic E-state index is 0.0434. The summed E-state index contributed by atoms with van der Waals surface area (Å²) in [6, 6.07) is 6.97. The lowest BCUT2D eigenvalue weighted by molar-refractivity contribution is -0.120. The predicted octanol–water partition coefficient (Wildman–Crippen LogP) is 1.90. The number of hydrogen-bond acceptors (Lipinski definition) is 4. The minimum Gasteiger partial charge on any atom is -0.508 e. The van der Waals surface area contributed by atoms with Crippen LogP contribution in [-0.4, -0.2) is 22.7 Å². The van der Waals surface area contributed by atoms with Crippen LogP contribution < -0.4 is 5.32 Å². The standard InChI is InChI=1S/C15H18N2O3/c1-10-14(11(2)20-17-10)9-15(19)16-8-7-12-3-5-13(18)6-4-12/h3-6,18H,7-9H2,1-2H3,(H,16,19). The number of aromatic nitrogens is 1. The third-order valence-electron chi connectivity index (χ3n) is 3.19. The van der Waals surface area contributed by atoms with Gasteiger partial charge in [0.25, 0.3) is 0 Å². The van der Waals surface area contributed by atoms with Gasteiger partial charge in [0.05, 0.1) is 12.1 Å². The van der Waals surface area contributed by atoms with E-state index in [4.69, 9.17) is 4.52 Å². The summed E-state index contributed by atoms with van der Waals surface area (Å²) in [5, 5.41) is 15.9. The van der Waals surface area contributed by atoms with Crippen molar-refractivity contribution in [3.63, 3.8) is 0 Å². The Morgan fingerprint density at radius 2 is 2.00 bits per heavy atom. The summed E-state index contributed by atoms with van der Waals surface area (Å²) in [5.74, 6) is 0.894. The van der Waals surface area contributed by atoms with Gasteiger partial charge in [-0.3, -0.25) is 4.79 Å². The highest BCUT2D eigenvalue weighted by molar-refractivity contribution is 5.78. The second-order valence-electron chi connectivity index (χ2n) is 4.75. The molecule has 5 nitrogen and oxygen atoms in total. The van der Waals surface area contributed by atoms with Crippen molar-refractivity contribution in [3.05, 3.63) is 46.8 Å². The number of aryl methyl sites for hydroxylation is 2. The van der Waals surface area contributed by atoms with Crippen LogP contribution in [0.2, 0.25) is 0 Å². The molecule has 0 aliphatic rings. The van der Waals surface area contributed by atoms with Crippen LogP contribution in [0.15, 0.2) is 28.8 Å². The van der Waals surface area contributed by atoms with Crippen molar-refractivity contribution in [3.8, 4) is 5.75 Å². The Balaban J connectivity index is 1.80. The fourth-order valence-corrected chi connectivity index (χ4v) is 1.99. The van der Waals surface area contributed by atoms with Gasteiger partial charge in [0.1, 0.15) is 11.5 Å². The van der Waals surface area contributed by atoms with E-state index in [0.29, 0.717) is 12.3 Å². The van der Waals surface area contributed by atoms with Crippen molar-refractivity contribution in [2.24, 2.45) is 0 Å². The normalized spacial score (nSPS) is 10.5. The Morgan fingerprint density at radius 3 is 2.60 bits per heavy atom. The summed E-state index contributed by atoms with van der Waals surface area (Å²) < 4.78 is 5.03. The maximum atomic E-state index is 11.8. The van der Waals surface area contributed by atoms with E-state index < -0.39 is 0 Å². The van der Waals surface area contributed by atoms with Gasteiger partial charge in [0.2, 0.25) is 5.91 Å². The van der Waals surface area contributed by atoms with Crippen LogP contribution >= 0.6 is 0 Å². The first-order valence-electron chi connectivity index (χ1n) is 6.52. The van der Waals surface area contributed by atoms with Gasteiger partial charge in [0, 0.05) is 12.1 Å². The lowest BCUT2D eigenvalue weighted by Crippen LogP contribution is -2.27. The molecule has 0 aliphatic heterocycles. The summed E-state index contributed by atoms with van der Waals surface area (Å²) in [4.78, 5) is 11.8. The number of amides is 1. The maximum Gasteiger partial charge on any atom is 0.224 e. The van der Waals surface area contributed by atoms with Crippen LogP contribution in [0.3, 0.4) is 0 Å². The number of hydrogen-bond donors (Lipinski definition) is 2. The van der Waals surface area contributed by atoms with Gasteiger partial charge in [-0.25, -0.2) is 0 Å². The zero-order valence-corrected chi connectivity index (χ0v) is 11.6. The molecule has 1 aromatic carbocycles. The molecule has 1 amide bonds. The maximum absolute atomic E-state index is 11.8. The summed E-state index contributed by atoms with van der Waals surface area (Å²) in [5.41, 5.74) is 2.68. The fourth-order valence-electron chi connectivity index (χ4n) is 1.99. The third-order valence-corrected chi connectivity index (χ3v) is 3.19. The van der Waals surface area contributed by atoms with Gasteiger partial charge in [-0.1, -0.05) is 17.3 Å². The van der Waals surface area contributed by atoms with Gasteiger partial charge in [0.15, 0.2) is 0 Å². The molecule has 2 rings (SSSR count).